The lowest BCUT2D eigenvalue weighted by molar-refractivity contribution is -0.136. The molecule has 0 aliphatic heterocycles. The van der Waals surface area contributed by atoms with Gasteiger partial charge in [0.2, 0.25) is 0 Å². The van der Waals surface area contributed by atoms with Crippen LogP contribution in [0, 0.1) is 0 Å². The Balaban J connectivity index is 1.83. The molecule has 0 radical (unpaired) electrons. The fourth-order valence-corrected chi connectivity index (χ4v) is 2.64. The van der Waals surface area contributed by atoms with E-state index in [2.05, 4.69) is 0 Å². The Bertz CT molecular complexity index is 703. The molecular formula is C22H24O3. The summed E-state index contributed by atoms with van der Waals surface area (Å²) in [5.41, 5.74) is 2.73. The van der Waals surface area contributed by atoms with Crippen molar-refractivity contribution in [2.24, 2.45) is 0 Å². The number of rotatable bonds is 9. The summed E-state index contributed by atoms with van der Waals surface area (Å²) in [6.07, 6.45) is 4.82. The molecule has 0 saturated carbocycles. The second kappa shape index (κ2) is 10.2. The van der Waals surface area contributed by atoms with E-state index in [1.54, 1.807) is 0 Å². The van der Waals surface area contributed by atoms with E-state index in [1.165, 1.54) is 12.7 Å². The number of Topliss-reactive ketones (excluding diaryl/α,β-unsaturated/α-hetero) is 1. The molecule has 130 valence electrons. The first-order chi connectivity index (χ1) is 12.2. The number of benzene rings is 2. The summed E-state index contributed by atoms with van der Waals surface area (Å²) in [4.78, 5) is 24.0. The van der Waals surface area contributed by atoms with Crippen molar-refractivity contribution in [1.29, 1.82) is 0 Å². The number of esters is 1. The Labute approximate surface area is 149 Å². The standard InChI is InChI=1S/C22H24O3/c1-25-22(24)20(17-19-11-6-3-7-12-19)13-8-14-21(23)16-15-18-9-4-2-5-10-18/h2-7,9-12,17H,8,13-16H2,1H3/b20-17+. The van der Waals surface area contributed by atoms with Gasteiger partial charge in [-0.25, -0.2) is 4.79 Å². The lowest BCUT2D eigenvalue weighted by Gasteiger charge is -2.06. The molecular weight excluding hydrogens is 312 g/mol. The molecule has 2 aromatic carbocycles. The Morgan fingerprint density at radius 3 is 2.16 bits per heavy atom. The third-order valence-corrected chi connectivity index (χ3v) is 4.03. The smallest absolute Gasteiger partial charge is 0.333 e. The molecule has 0 aliphatic rings. The predicted octanol–water partition coefficient (Wildman–Crippen LogP) is 4.62. The molecule has 2 aromatic rings. The van der Waals surface area contributed by atoms with Gasteiger partial charge in [0.1, 0.15) is 5.78 Å². The van der Waals surface area contributed by atoms with E-state index in [9.17, 15) is 9.59 Å². The Morgan fingerprint density at radius 1 is 0.880 bits per heavy atom. The third-order valence-electron chi connectivity index (χ3n) is 4.03. The van der Waals surface area contributed by atoms with Crippen LogP contribution in [0.1, 0.15) is 36.8 Å². The van der Waals surface area contributed by atoms with Gasteiger partial charge in [0, 0.05) is 18.4 Å². The van der Waals surface area contributed by atoms with Gasteiger partial charge in [0.05, 0.1) is 7.11 Å². The van der Waals surface area contributed by atoms with E-state index < -0.39 is 0 Å². The largest absolute Gasteiger partial charge is 0.466 e. The van der Waals surface area contributed by atoms with Crippen LogP contribution in [0.25, 0.3) is 6.08 Å². The second-order valence-electron chi connectivity index (χ2n) is 5.95. The molecule has 0 aliphatic carbocycles. The van der Waals surface area contributed by atoms with E-state index >= 15 is 0 Å². The van der Waals surface area contributed by atoms with Gasteiger partial charge in [-0.15, -0.1) is 0 Å². The molecule has 0 heterocycles. The molecule has 3 nitrogen and oxygen atoms in total. The molecule has 0 atom stereocenters. The van der Waals surface area contributed by atoms with Crippen molar-refractivity contribution in [2.75, 3.05) is 7.11 Å². The van der Waals surface area contributed by atoms with Crippen LogP contribution in [-0.4, -0.2) is 18.9 Å². The van der Waals surface area contributed by atoms with Gasteiger partial charge >= 0.3 is 5.97 Å². The summed E-state index contributed by atoms with van der Waals surface area (Å²) in [6.45, 7) is 0. The molecule has 0 fully saturated rings. The molecule has 3 heteroatoms. The molecule has 2 rings (SSSR count). The van der Waals surface area contributed by atoms with Crippen LogP contribution >= 0.6 is 0 Å². The fourth-order valence-electron chi connectivity index (χ4n) is 2.64. The maximum absolute atomic E-state index is 12.1. The van der Waals surface area contributed by atoms with Gasteiger partial charge in [-0.1, -0.05) is 60.7 Å². The molecule has 0 amide bonds. The monoisotopic (exact) mass is 336 g/mol. The third kappa shape index (κ3) is 6.76. The van der Waals surface area contributed by atoms with Gasteiger partial charge < -0.3 is 4.74 Å². The highest BCUT2D eigenvalue weighted by molar-refractivity contribution is 5.93. The zero-order valence-corrected chi connectivity index (χ0v) is 14.6. The van der Waals surface area contributed by atoms with Gasteiger partial charge in [0.15, 0.2) is 0 Å². The quantitative estimate of drug-likeness (QED) is 0.496. The highest BCUT2D eigenvalue weighted by Gasteiger charge is 2.11. The molecule has 0 aromatic heterocycles. The minimum Gasteiger partial charge on any atom is -0.466 e. The molecule has 0 saturated heterocycles. The number of aryl methyl sites for hydroxylation is 1. The summed E-state index contributed by atoms with van der Waals surface area (Å²) in [6, 6.07) is 19.7. The first kappa shape index (κ1) is 18.7. The van der Waals surface area contributed by atoms with E-state index in [4.69, 9.17) is 4.74 Å². The van der Waals surface area contributed by atoms with E-state index in [-0.39, 0.29) is 11.8 Å². The lowest BCUT2D eigenvalue weighted by Crippen LogP contribution is -2.06. The normalized spacial score (nSPS) is 11.2. The van der Waals surface area contributed by atoms with Crippen LogP contribution in [0.4, 0.5) is 0 Å². The minimum atomic E-state index is -0.333. The molecule has 25 heavy (non-hydrogen) atoms. The van der Waals surface area contributed by atoms with Crippen molar-refractivity contribution in [2.45, 2.75) is 32.1 Å². The van der Waals surface area contributed by atoms with E-state index in [0.29, 0.717) is 31.3 Å². The summed E-state index contributed by atoms with van der Waals surface area (Å²) >= 11 is 0. The Morgan fingerprint density at radius 2 is 1.52 bits per heavy atom. The SMILES string of the molecule is COC(=O)/C(=C/c1ccccc1)CCCC(=O)CCc1ccccc1. The van der Waals surface area contributed by atoms with Crippen molar-refractivity contribution < 1.29 is 14.3 Å². The summed E-state index contributed by atoms with van der Waals surface area (Å²) < 4.78 is 4.86. The number of hydrogen-bond donors (Lipinski definition) is 0. The van der Waals surface area contributed by atoms with Gasteiger partial charge in [-0.05, 0) is 36.5 Å². The summed E-state index contributed by atoms with van der Waals surface area (Å²) in [7, 11) is 1.38. The molecule has 0 spiro atoms. The molecule has 0 unspecified atom stereocenters. The highest BCUT2D eigenvalue weighted by Crippen LogP contribution is 2.15. The Hall–Kier alpha value is -2.68. The van der Waals surface area contributed by atoms with Crippen LogP contribution in [0.5, 0.6) is 0 Å². The van der Waals surface area contributed by atoms with Crippen molar-refractivity contribution in [3.8, 4) is 0 Å². The van der Waals surface area contributed by atoms with Crippen molar-refractivity contribution in [3.63, 3.8) is 0 Å². The maximum Gasteiger partial charge on any atom is 0.333 e. The first-order valence-corrected chi connectivity index (χ1v) is 8.58. The van der Waals surface area contributed by atoms with Gasteiger partial charge in [-0.2, -0.15) is 0 Å². The molecule has 0 bridgehead atoms. The molecule has 0 N–H and O–H groups in total. The predicted molar refractivity (Wildman–Crippen MR) is 100 cm³/mol. The van der Waals surface area contributed by atoms with Crippen LogP contribution in [0.15, 0.2) is 66.2 Å². The van der Waals surface area contributed by atoms with E-state index in [1.807, 2.05) is 66.7 Å². The zero-order chi connectivity index (χ0) is 17.9. The number of hydrogen-bond acceptors (Lipinski definition) is 3. The van der Waals surface area contributed by atoms with Crippen LogP contribution < -0.4 is 0 Å². The highest BCUT2D eigenvalue weighted by atomic mass is 16.5. The number of methoxy groups -OCH3 is 1. The first-order valence-electron chi connectivity index (χ1n) is 8.58. The van der Waals surface area contributed by atoms with Gasteiger partial charge in [0.25, 0.3) is 0 Å². The van der Waals surface area contributed by atoms with Gasteiger partial charge in [-0.3, -0.25) is 4.79 Å². The summed E-state index contributed by atoms with van der Waals surface area (Å²) in [5.74, 6) is -0.103. The number of ether oxygens (including phenoxy) is 1. The Kier molecular flexibility index (Phi) is 7.64. The topological polar surface area (TPSA) is 43.4 Å². The minimum absolute atomic E-state index is 0.229. The number of carbonyl (C=O) groups excluding carboxylic acids is 2. The summed E-state index contributed by atoms with van der Waals surface area (Å²) in [5, 5.41) is 0. The fraction of sp³-hybridized carbons (Fsp3) is 0.273. The second-order valence-corrected chi connectivity index (χ2v) is 5.95. The van der Waals surface area contributed by atoms with E-state index in [0.717, 1.165) is 12.0 Å². The number of ketones is 1. The average molecular weight is 336 g/mol. The van der Waals surface area contributed by atoms with Crippen LogP contribution in [0.3, 0.4) is 0 Å². The lowest BCUT2D eigenvalue weighted by atomic mass is 10.0. The van der Waals surface area contributed by atoms with Crippen molar-refractivity contribution in [1.82, 2.24) is 0 Å². The zero-order valence-electron chi connectivity index (χ0n) is 14.6. The van der Waals surface area contributed by atoms with Crippen molar-refractivity contribution in [3.05, 3.63) is 77.4 Å². The maximum atomic E-state index is 12.1. The number of carbonyl (C=O) groups is 2. The average Bonchev–Trinajstić information content (AvgIpc) is 2.66. The van der Waals surface area contributed by atoms with Crippen LogP contribution in [0.2, 0.25) is 0 Å². The van der Waals surface area contributed by atoms with Crippen LogP contribution in [-0.2, 0) is 20.7 Å². The van der Waals surface area contributed by atoms with Crippen molar-refractivity contribution >= 4 is 17.8 Å².